The second-order valence-corrected chi connectivity index (χ2v) is 2.27. The molecular formula is C5H10N2OS. The number of carbonyl (C=O) groups is 1. The van der Waals surface area contributed by atoms with Crippen molar-refractivity contribution in [3.63, 3.8) is 0 Å². The lowest BCUT2D eigenvalue weighted by atomic mass is 10.3. The molecule has 1 fully saturated rings. The zero-order valence-corrected chi connectivity index (χ0v) is 6.03. The first kappa shape index (κ1) is 6.74. The van der Waals surface area contributed by atoms with E-state index in [9.17, 15) is 4.79 Å². The molecule has 1 aliphatic heterocycles. The zero-order valence-electron chi connectivity index (χ0n) is 5.13. The van der Waals surface area contributed by atoms with Crippen molar-refractivity contribution in [1.82, 2.24) is 10.2 Å². The van der Waals surface area contributed by atoms with Gasteiger partial charge in [-0.2, -0.15) is 12.6 Å². The highest BCUT2D eigenvalue weighted by atomic mass is 32.1. The largest absolute Gasteiger partial charge is 0.338 e. The molecule has 9 heavy (non-hydrogen) atoms. The van der Waals surface area contributed by atoms with Gasteiger partial charge in [0.05, 0.1) is 5.88 Å². The summed E-state index contributed by atoms with van der Waals surface area (Å²) in [5.41, 5.74) is 0. The van der Waals surface area contributed by atoms with E-state index >= 15 is 0 Å². The Hall–Kier alpha value is -0.380. The fraction of sp³-hybridized carbons (Fsp3) is 0.800. The highest BCUT2D eigenvalue weighted by Gasteiger charge is 2.14. The van der Waals surface area contributed by atoms with Gasteiger partial charge in [-0.3, -0.25) is 0 Å². The van der Waals surface area contributed by atoms with Crippen molar-refractivity contribution >= 4 is 18.7 Å². The van der Waals surface area contributed by atoms with E-state index < -0.39 is 0 Å². The van der Waals surface area contributed by atoms with Crippen molar-refractivity contribution in [1.29, 1.82) is 0 Å². The molecule has 0 unspecified atom stereocenters. The van der Waals surface area contributed by atoms with Crippen LogP contribution in [0.3, 0.4) is 0 Å². The first-order valence-electron chi connectivity index (χ1n) is 2.98. The fourth-order valence-corrected chi connectivity index (χ4v) is 1.08. The lowest BCUT2D eigenvalue weighted by Gasteiger charge is -2.25. The maximum Gasteiger partial charge on any atom is 0.318 e. The summed E-state index contributed by atoms with van der Waals surface area (Å²) < 4.78 is 0. The number of amides is 2. The second-order valence-electron chi connectivity index (χ2n) is 1.99. The fourth-order valence-electron chi connectivity index (χ4n) is 0.814. The minimum atomic E-state index is 0.0104. The first-order chi connectivity index (χ1) is 4.34. The van der Waals surface area contributed by atoms with Gasteiger partial charge >= 0.3 is 6.03 Å². The third-order valence-corrected chi connectivity index (χ3v) is 1.68. The van der Waals surface area contributed by atoms with Crippen LogP contribution in [0.4, 0.5) is 4.79 Å². The van der Waals surface area contributed by atoms with Crippen LogP contribution in [0.5, 0.6) is 0 Å². The number of nitrogens with one attached hydrogen (secondary N) is 1. The predicted octanol–water partition coefficient (Wildman–Crippen LogP) is 0.289. The van der Waals surface area contributed by atoms with E-state index in [4.69, 9.17) is 0 Å². The second kappa shape index (κ2) is 2.96. The number of nitrogens with zero attached hydrogens (tertiary/aromatic N) is 1. The van der Waals surface area contributed by atoms with Gasteiger partial charge in [0.25, 0.3) is 0 Å². The van der Waals surface area contributed by atoms with Gasteiger partial charge in [0.2, 0.25) is 0 Å². The van der Waals surface area contributed by atoms with Crippen LogP contribution in [-0.4, -0.2) is 29.9 Å². The van der Waals surface area contributed by atoms with Gasteiger partial charge in [0.1, 0.15) is 0 Å². The lowest BCUT2D eigenvalue weighted by molar-refractivity contribution is 0.196. The minimum Gasteiger partial charge on any atom is -0.338 e. The Bertz CT molecular complexity index is 118. The molecule has 0 spiro atoms. The molecule has 3 nitrogen and oxygen atoms in total. The quantitative estimate of drug-likeness (QED) is 0.512. The summed E-state index contributed by atoms with van der Waals surface area (Å²) in [4.78, 5) is 12.5. The van der Waals surface area contributed by atoms with Crippen LogP contribution in [0.2, 0.25) is 0 Å². The molecule has 4 heteroatoms. The Morgan fingerprint density at radius 3 is 3.00 bits per heavy atom. The Labute approximate surface area is 59.8 Å². The van der Waals surface area contributed by atoms with Crippen LogP contribution in [-0.2, 0) is 0 Å². The smallest absolute Gasteiger partial charge is 0.318 e. The van der Waals surface area contributed by atoms with Crippen LogP contribution in [0.1, 0.15) is 6.42 Å². The Morgan fingerprint density at radius 1 is 1.78 bits per heavy atom. The molecular weight excluding hydrogens is 136 g/mol. The standard InChI is InChI=1S/C5H10N2OS/c8-5-6-2-1-3-7(5)4-9/h9H,1-4H2,(H,6,8). The third kappa shape index (κ3) is 1.51. The number of hydrogen-bond donors (Lipinski definition) is 2. The molecule has 0 aromatic heterocycles. The highest BCUT2D eigenvalue weighted by Crippen LogP contribution is 1.98. The van der Waals surface area contributed by atoms with Crippen LogP contribution in [0, 0.1) is 0 Å². The van der Waals surface area contributed by atoms with Crippen molar-refractivity contribution < 1.29 is 4.79 Å². The average Bonchev–Trinajstić information content (AvgIpc) is 1.89. The van der Waals surface area contributed by atoms with Crippen LogP contribution < -0.4 is 5.32 Å². The van der Waals surface area contributed by atoms with Crippen LogP contribution >= 0.6 is 12.6 Å². The minimum absolute atomic E-state index is 0.0104. The molecule has 2 amide bonds. The summed E-state index contributed by atoms with van der Waals surface area (Å²) >= 11 is 3.99. The molecule has 0 aromatic carbocycles. The number of carbonyl (C=O) groups excluding carboxylic acids is 1. The molecule has 1 heterocycles. The Balaban J connectivity index is 2.39. The van der Waals surface area contributed by atoms with Gasteiger partial charge in [0, 0.05) is 13.1 Å². The molecule has 1 N–H and O–H groups in total. The number of urea groups is 1. The third-order valence-electron chi connectivity index (χ3n) is 1.34. The summed E-state index contributed by atoms with van der Waals surface area (Å²) in [7, 11) is 0. The molecule has 52 valence electrons. The summed E-state index contributed by atoms with van der Waals surface area (Å²) in [5, 5.41) is 2.72. The van der Waals surface area contributed by atoms with Crippen molar-refractivity contribution in [2.45, 2.75) is 6.42 Å². The van der Waals surface area contributed by atoms with Gasteiger partial charge in [-0.05, 0) is 6.42 Å². The molecule has 0 saturated carbocycles. The molecule has 1 saturated heterocycles. The van der Waals surface area contributed by atoms with E-state index in [-0.39, 0.29) is 6.03 Å². The van der Waals surface area contributed by atoms with E-state index in [0.717, 1.165) is 19.5 Å². The molecule has 0 bridgehead atoms. The van der Waals surface area contributed by atoms with E-state index in [1.54, 1.807) is 4.90 Å². The van der Waals surface area contributed by atoms with Gasteiger partial charge < -0.3 is 10.2 Å². The molecule has 0 radical (unpaired) electrons. The molecule has 0 atom stereocenters. The van der Waals surface area contributed by atoms with Crippen molar-refractivity contribution in [3.8, 4) is 0 Å². The molecule has 0 aliphatic carbocycles. The Kier molecular flexibility index (Phi) is 2.22. The average molecular weight is 146 g/mol. The highest BCUT2D eigenvalue weighted by molar-refractivity contribution is 7.80. The van der Waals surface area contributed by atoms with Crippen LogP contribution in [0.25, 0.3) is 0 Å². The lowest BCUT2D eigenvalue weighted by Crippen LogP contribution is -2.45. The summed E-state index contributed by atoms with van der Waals surface area (Å²) in [6, 6.07) is 0.0104. The van der Waals surface area contributed by atoms with E-state index in [1.165, 1.54) is 0 Å². The summed E-state index contributed by atoms with van der Waals surface area (Å²) in [6.45, 7) is 1.65. The molecule has 1 aliphatic rings. The maximum atomic E-state index is 10.8. The Morgan fingerprint density at radius 2 is 2.56 bits per heavy atom. The SMILES string of the molecule is O=C1NCCCN1CS. The van der Waals surface area contributed by atoms with Gasteiger partial charge in [-0.15, -0.1) is 0 Å². The van der Waals surface area contributed by atoms with E-state index in [2.05, 4.69) is 17.9 Å². The van der Waals surface area contributed by atoms with Gasteiger partial charge in [-0.25, -0.2) is 4.79 Å². The van der Waals surface area contributed by atoms with Crippen LogP contribution in [0.15, 0.2) is 0 Å². The first-order valence-corrected chi connectivity index (χ1v) is 3.61. The maximum absolute atomic E-state index is 10.8. The topological polar surface area (TPSA) is 32.3 Å². The molecule has 1 rings (SSSR count). The van der Waals surface area contributed by atoms with E-state index in [0.29, 0.717) is 5.88 Å². The van der Waals surface area contributed by atoms with Crippen molar-refractivity contribution in [3.05, 3.63) is 0 Å². The summed E-state index contributed by atoms with van der Waals surface area (Å²) in [5.74, 6) is 0.520. The van der Waals surface area contributed by atoms with Crippen molar-refractivity contribution in [2.75, 3.05) is 19.0 Å². The monoisotopic (exact) mass is 146 g/mol. The number of thiol groups is 1. The van der Waals surface area contributed by atoms with Gasteiger partial charge in [0.15, 0.2) is 0 Å². The normalized spacial score (nSPS) is 19.7. The molecule has 0 aromatic rings. The van der Waals surface area contributed by atoms with Gasteiger partial charge in [-0.1, -0.05) is 0 Å². The zero-order chi connectivity index (χ0) is 6.69. The summed E-state index contributed by atoms with van der Waals surface area (Å²) in [6.07, 6.45) is 1.03. The van der Waals surface area contributed by atoms with E-state index in [1.807, 2.05) is 0 Å². The number of hydrogen-bond acceptors (Lipinski definition) is 2. The predicted molar refractivity (Wildman–Crippen MR) is 38.6 cm³/mol. The van der Waals surface area contributed by atoms with Crippen molar-refractivity contribution in [2.24, 2.45) is 0 Å². The number of rotatable bonds is 1.